The van der Waals surface area contributed by atoms with Gasteiger partial charge in [-0.3, -0.25) is 0 Å². The molecule has 2 heteroatoms. The molecule has 0 radical (unpaired) electrons. The molecule has 18 heavy (non-hydrogen) atoms. The lowest BCUT2D eigenvalue weighted by molar-refractivity contribution is 0.225. The van der Waals surface area contributed by atoms with Gasteiger partial charge in [0, 0.05) is 12.6 Å². The van der Waals surface area contributed by atoms with E-state index in [9.17, 15) is 0 Å². The van der Waals surface area contributed by atoms with Crippen molar-refractivity contribution in [2.45, 2.75) is 45.7 Å². The minimum absolute atomic E-state index is 0.659. The molecule has 3 unspecified atom stereocenters. The number of nitrogens with one attached hydrogen (secondary N) is 1. The fraction of sp³-hybridized carbons (Fsp3) is 0.562. The summed E-state index contributed by atoms with van der Waals surface area (Å²) < 4.78 is 0. The molecule has 0 aliphatic heterocycles. The third-order valence-electron chi connectivity index (χ3n) is 4.28. The minimum Gasteiger partial charge on any atom is -0.310 e. The molecule has 0 spiro atoms. The Bertz CT molecular complexity index is 416. The van der Waals surface area contributed by atoms with Gasteiger partial charge in [-0.1, -0.05) is 26.0 Å². The van der Waals surface area contributed by atoms with Gasteiger partial charge in [-0.15, -0.1) is 0 Å². The first-order chi connectivity index (χ1) is 8.69. The fourth-order valence-electron chi connectivity index (χ4n) is 2.69. The lowest BCUT2D eigenvalue weighted by Gasteiger charge is -2.32. The van der Waals surface area contributed by atoms with Crippen molar-refractivity contribution in [3.8, 4) is 6.07 Å². The Balaban J connectivity index is 1.82. The normalized spacial score (nSPS) is 27.7. The Hall–Kier alpha value is -1.33. The maximum Gasteiger partial charge on any atom is 0.0991 e. The van der Waals surface area contributed by atoms with Crippen LogP contribution in [0.25, 0.3) is 0 Å². The third kappa shape index (κ3) is 3.34. The molecule has 1 aliphatic carbocycles. The highest BCUT2D eigenvalue weighted by atomic mass is 14.9. The van der Waals surface area contributed by atoms with E-state index in [1.807, 2.05) is 24.3 Å². The average molecular weight is 242 g/mol. The van der Waals surface area contributed by atoms with Crippen LogP contribution in [-0.2, 0) is 6.54 Å². The van der Waals surface area contributed by atoms with E-state index in [-0.39, 0.29) is 0 Å². The summed E-state index contributed by atoms with van der Waals surface area (Å²) in [5, 5.41) is 12.4. The van der Waals surface area contributed by atoms with Gasteiger partial charge in [-0.2, -0.15) is 5.26 Å². The van der Waals surface area contributed by atoms with E-state index in [2.05, 4.69) is 25.2 Å². The van der Waals surface area contributed by atoms with Crippen molar-refractivity contribution in [3.63, 3.8) is 0 Å². The highest BCUT2D eigenvalue weighted by Gasteiger charge is 2.23. The second-order valence-corrected chi connectivity index (χ2v) is 5.65. The molecule has 1 fully saturated rings. The van der Waals surface area contributed by atoms with E-state index in [0.29, 0.717) is 6.04 Å². The zero-order valence-electron chi connectivity index (χ0n) is 11.3. The number of rotatable bonds is 3. The van der Waals surface area contributed by atoms with Gasteiger partial charge in [0.2, 0.25) is 0 Å². The van der Waals surface area contributed by atoms with Crippen LogP contribution in [0, 0.1) is 23.2 Å². The Morgan fingerprint density at radius 1 is 1.17 bits per heavy atom. The molecule has 1 aliphatic rings. The van der Waals surface area contributed by atoms with Crippen molar-refractivity contribution >= 4 is 0 Å². The number of benzene rings is 1. The third-order valence-corrected chi connectivity index (χ3v) is 4.28. The van der Waals surface area contributed by atoms with Crippen molar-refractivity contribution < 1.29 is 0 Å². The van der Waals surface area contributed by atoms with Crippen molar-refractivity contribution in [1.82, 2.24) is 5.32 Å². The summed E-state index contributed by atoms with van der Waals surface area (Å²) in [5.74, 6) is 1.70. The van der Waals surface area contributed by atoms with Crippen molar-refractivity contribution in [1.29, 1.82) is 5.26 Å². The molecule has 0 amide bonds. The van der Waals surface area contributed by atoms with Gasteiger partial charge in [0.25, 0.3) is 0 Å². The summed E-state index contributed by atoms with van der Waals surface area (Å²) >= 11 is 0. The summed E-state index contributed by atoms with van der Waals surface area (Å²) in [6.45, 7) is 5.64. The van der Waals surface area contributed by atoms with E-state index in [0.717, 1.165) is 23.9 Å². The zero-order chi connectivity index (χ0) is 13.0. The van der Waals surface area contributed by atoms with Crippen LogP contribution >= 0.6 is 0 Å². The van der Waals surface area contributed by atoms with Crippen molar-refractivity contribution in [2.75, 3.05) is 0 Å². The van der Waals surface area contributed by atoms with Crippen LogP contribution in [0.3, 0.4) is 0 Å². The van der Waals surface area contributed by atoms with Crippen LogP contribution in [0.2, 0.25) is 0 Å². The van der Waals surface area contributed by atoms with E-state index in [1.54, 1.807) is 0 Å². The van der Waals surface area contributed by atoms with E-state index in [1.165, 1.54) is 24.8 Å². The maximum absolute atomic E-state index is 8.75. The van der Waals surface area contributed by atoms with Gasteiger partial charge in [-0.25, -0.2) is 0 Å². The molecular weight excluding hydrogens is 220 g/mol. The molecule has 0 heterocycles. The van der Waals surface area contributed by atoms with Crippen LogP contribution in [0.1, 0.15) is 44.2 Å². The smallest absolute Gasteiger partial charge is 0.0991 e. The van der Waals surface area contributed by atoms with Crippen LogP contribution < -0.4 is 5.32 Å². The van der Waals surface area contributed by atoms with Crippen LogP contribution in [0.4, 0.5) is 0 Å². The molecule has 2 rings (SSSR count). The second kappa shape index (κ2) is 6.02. The summed E-state index contributed by atoms with van der Waals surface area (Å²) in [7, 11) is 0. The Morgan fingerprint density at radius 2 is 1.89 bits per heavy atom. The first kappa shape index (κ1) is 13.1. The van der Waals surface area contributed by atoms with Gasteiger partial charge >= 0.3 is 0 Å². The highest BCUT2D eigenvalue weighted by Crippen LogP contribution is 2.29. The summed E-state index contributed by atoms with van der Waals surface area (Å²) in [6.07, 6.45) is 3.92. The molecule has 0 saturated heterocycles. The minimum atomic E-state index is 0.659. The molecule has 1 aromatic carbocycles. The van der Waals surface area contributed by atoms with Gasteiger partial charge in [0.1, 0.15) is 0 Å². The van der Waals surface area contributed by atoms with Crippen LogP contribution in [-0.4, -0.2) is 6.04 Å². The summed E-state index contributed by atoms with van der Waals surface area (Å²) in [5.41, 5.74) is 2.00. The van der Waals surface area contributed by atoms with Gasteiger partial charge in [-0.05, 0) is 48.8 Å². The molecule has 1 N–H and O–H groups in total. The fourth-order valence-corrected chi connectivity index (χ4v) is 2.69. The molecule has 0 bridgehead atoms. The first-order valence-corrected chi connectivity index (χ1v) is 6.91. The van der Waals surface area contributed by atoms with Crippen LogP contribution in [0.5, 0.6) is 0 Å². The van der Waals surface area contributed by atoms with Crippen molar-refractivity contribution in [3.05, 3.63) is 35.4 Å². The molecule has 3 atom stereocenters. The lowest BCUT2D eigenvalue weighted by Crippen LogP contribution is -2.35. The molecular formula is C16H22N2. The Labute approximate surface area is 110 Å². The van der Waals surface area contributed by atoms with Gasteiger partial charge in [0.05, 0.1) is 11.6 Å². The lowest BCUT2D eigenvalue weighted by atomic mass is 9.79. The SMILES string of the molecule is CC1CCC(NCc2ccc(C#N)cc2)CC1C. The standard InChI is InChI=1S/C16H22N2/c1-12-3-8-16(9-13(12)2)18-11-15-6-4-14(10-17)5-7-15/h4-7,12-13,16,18H,3,8-9,11H2,1-2H3. The van der Waals surface area contributed by atoms with E-state index in [4.69, 9.17) is 5.26 Å². The monoisotopic (exact) mass is 242 g/mol. The largest absolute Gasteiger partial charge is 0.310 e. The Kier molecular flexibility index (Phi) is 4.38. The average Bonchev–Trinajstić information content (AvgIpc) is 2.41. The highest BCUT2D eigenvalue weighted by molar-refractivity contribution is 5.31. The number of hydrogen-bond acceptors (Lipinski definition) is 2. The summed E-state index contributed by atoms with van der Waals surface area (Å²) in [6, 6.07) is 10.7. The van der Waals surface area contributed by atoms with Gasteiger partial charge in [0.15, 0.2) is 0 Å². The van der Waals surface area contributed by atoms with Crippen LogP contribution in [0.15, 0.2) is 24.3 Å². The molecule has 0 aromatic heterocycles. The number of nitrogens with zero attached hydrogens (tertiary/aromatic N) is 1. The quantitative estimate of drug-likeness (QED) is 0.881. The molecule has 1 aromatic rings. The number of nitriles is 1. The predicted molar refractivity (Wildman–Crippen MR) is 74.0 cm³/mol. The van der Waals surface area contributed by atoms with E-state index >= 15 is 0 Å². The van der Waals surface area contributed by atoms with E-state index < -0.39 is 0 Å². The molecule has 96 valence electrons. The Morgan fingerprint density at radius 3 is 2.50 bits per heavy atom. The zero-order valence-corrected chi connectivity index (χ0v) is 11.3. The maximum atomic E-state index is 8.75. The van der Waals surface area contributed by atoms with Crippen molar-refractivity contribution in [2.24, 2.45) is 11.8 Å². The molecule has 2 nitrogen and oxygen atoms in total. The predicted octanol–water partition coefficient (Wildman–Crippen LogP) is 3.47. The molecule has 1 saturated carbocycles. The van der Waals surface area contributed by atoms with Gasteiger partial charge < -0.3 is 5.32 Å². The number of hydrogen-bond donors (Lipinski definition) is 1. The summed E-state index contributed by atoms with van der Waals surface area (Å²) in [4.78, 5) is 0. The first-order valence-electron chi connectivity index (χ1n) is 6.91. The topological polar surface area (TPSA) is 35.8 Å². The second-order valence-electron chi connectivity index (χ2n) is 5.65.